The number of non-ortho nitro benzene ring substituents is 1. The summed E-state index contributed by atoms with van der Waals surface area (Å²) in [6.07, 6.45) is 3.38. The SMILES string of the molecule is CCN(Cc1cc(F)cc([N+](=O)[O-])c1)C1CCCC1CN. The van der Waals surface area contributed by atoms with Crippen LogP contribution in [0.2, 0.25) is 0 Å². The lowest BCUT2D eigenvalue weighted by molar-refractivity contribution is -0.385. The standard InChI is InChI=1S/C15H22FN3O2/c1-2-18(15-5-3-4-12(15)9-17)10-11-6-13(16)8-14(7-11)19(20)21/h6-8,12,15H,2-5,9-10,17H2,1H3. The third-order valence-electron chi connectivity index (χ3n) is 4.34. The first-order valence-corrected chi connectivity index (χ1v) is 7.43. The molecular weight excluding hydrogens is 273 g/mol. The second kappa shape index (κ2) is 6.95. The highest BCUT2D eigenvalue weighted by atomic mass is 19.1. The van der Waals surface area contributed by atoms with E-state index >= 15 is 0 Å². The first-order chi connectivity index (χ1) is 10.0. The Morgan fingerprint density at radius 1 is 1.43 bits per heavy atom. The van der Waals surface area contributed by atoms with Gasteiger partial charge in [0, 0.05) is 18.7 Å². The van der Waals surface area contributed by atoms with E-state index in [-0.39, 0.29) is 5.69 Å². The summed E-state index contributed by atoms with van der Waals surface area (Å²) < 4.78 is 13.5. The zero-order chi connectivity index (χ0) is 15.4. The number of hydrogen-bond donors (Lipinski definition) is 1. The summed E-state index contributed by atoms with van der Waals surface area (Å²) in [6.45, 7) is 4.06. The van der Waals surface area contributed by atoms with Gasteiger partial charge in [-0.3, -0.25) is 15.0 Å². The first kappa shape index (κ1) is 15.9. The molecule has 21 heavy (non-hydrogen) atoms. The minimum absolute atomic E-state index is 0.192. The van der Waals surface area contributed by atoms with Crippen LogP contribution in [0.1, 0.15) is 31.7 Å². The summed E-state index contributed by atoms with van der Waals surface area (Å²) in [6, 6.07) is 4.18. The molecule has 116 valence electrons. The molecule has 0 spiro atoms. The molecule has 0 radical (unpaired) electrons. The number of nitro groups is 1. The number of nitrogens with two attached hydrogens (primary N) is 1. The summed E-state index contributed by atoms with van der Waals surface area (Å²) in [4.78, 5) is 12.5. The molecule has 0 bridgehead atoms. The molecule has 1 aliphatic carbocycles. The van der Waals surface area contributed by atoms with Crippen LogP contribution in [0.3, 0.4) is 0 Å². The molecule has 1 fully saturated rings. The van der Waals surface area contributed by atoms with Crippen molar-refractivity contribution in [1.82, 2.24) is 4.90 Å². The normalized spacial score (nSPS) is 21.9. The Hall–Kier alpha value is -1.53. The van der Waals surface area contributed by atoms with Crippen LogP contribution < -0.4 is 5.73 Å². The maximum atomic E-state index is 13.5. The largest absolute Gasteiger partial charge is 0.330 e. The lowest BCUT2D eigenvalue weighted by Gasteiger charge is -2.31. The molecule has 1 aliphatic rings. The van der Waals surface area contributed by atoms with E-state index in [9.17, 15) is 14.5 Å². The fourth-order valence-corrected chi connectivity index (χ4v) is 3.30. The van der Waals surface area contributed by atoms with Gasteiger partial charge in [-0.2, -0.15) is 0 Å². The molecule has 6 heteroatoms. The molecule has 0 heterocycles. The number of halogens is 1. The Morgan fingerprint density at radius 2 is 2.19 bits per heavy atom. The Morgan fingerprint density at radius 3 is 2.81 bits per heavy atom. The molecule has 2 N–H and O–H groups in total. The third kappa shape index (κ3) is 3.77. The maximum Gasteiger partial charge on any atom is 0.272 e. The van der Waals surface area contributed by atoms with Gasteiger partial charge in [0.1, 0.15) is 5.82 Å². The Balaban J connectivity index is 2.16. The van der Waals surface area contributed by atoms with E-state index in [0.717, 1.165) is 31.9 Å². The van der Waals surface area contributed by atoms with Crippen LogP contribution in [0.25, 0.3) is 0 Å². The molecule has 5 nitrogen and oxygen atoms in total. The number of nitro benzene ring substituents is 1. The van der Waals surface area contributed by atoms with Crippen molar-refractivity contribution in [3.05, 3.63) is 39.7 Å². The number of benzene rings is 1. The van der Waals surface area contributed by atoms with E-state index in [1.54, 1.807) is 0 Å². The highest BCUT2D eigenvalue weighted by molar-refractivity contribution is 5.35. The van der Waals surface area contributed by atoms with Gasteiger partial charge in [0.2, 0.25) is 0 Å². The number of rotatable bonds is 6. The topological polar surface area (TPSA) is 72.4 Å². The molecule has 2 rings (SSSR count). The quantitative estimate of drug-likeness (QED) is 0.647. The van der Waals surface area contributed by atoms with Crippen molar-refractivity contribution in [1.29, 1.82) is 0 Å². The van der Waals surface area contributed by atoms with E-state index in [1.807, 2.05) is 0 Å². The van der Waals surface area contributed by atoms with Gasteiger partial charge in [0.25, 0.3) is 5.69 Å². The molecule has 1 aromatic rings. The monoisotopic (exact) mass is 295 g/mol. The highest BCUT2D eigenvalue weighted by Crippen LogP contribution is 2.30. The van der Waals surface area contributed by atoms with Crippen molar-refractivity contribution in [2.45, 2.75) is 38.8 Å². The zero-order valence-corrected chi connectivity index (χ0v) is 12.3. The van der Waals surface area contributed by atoms with Gasteiger partial charge >= 0.3 is 0 Å². The molecule has 0 aromatic heterocycles. The first-order valence-electron chi connectivity index (χ1n) is 7.43. The van der Waals surface area contributed by atoms with Crippen LogP contribution in [0.5, 0.6) is 0 Å². The van der Waals surface area contributed by atoms with E-state index in [0.29, 0.717) is 30.6 Å². The fraction of sp³-hybridized carbons (Fsp3) is 0.600. The van der Waals surface area contributed by atoms with Crippen molar-refractivity contribution < 1.29 is 9.31 Å². The Kier molecular flexibility index (Phi) is 5.25. The van der Waals surface area contributed by atoms with Crippen molar-refractivity contribution in [2.75, 3.05) is 13.1 Å². The summed E-state index contributed by atoms with van der Waals surface area (Å²) in [5.74, 6) is -0.0921. The maximum absolute atomic E-state index is 13.5. The van der Waals surface area contributed by atoms with Gasteiger partial charge in [0.15, 0.2) is 0 Å². The van der Waals surface area contributed by atoms with E-state index < -0.39 is 10.7 Å². The van der Waals surface area contributed by atoms with Gasteiger partial charge in [0.05, 0.1) is 11.0 Å². The molecule has 0 amide bonds. The average molecular weight is 295 g/mol. The van der Waals surface area contributed by atoms with Crippen LogP contribution in [0.4, 0.5) is 10.1 Å². The summed E-state index contributed by atoms with van der Waals surface area (Å²) >= 11 is 0. The zero-order valence-electron chi connectivity index (χ0n) is 12.3. The third-order valence-corrected chi connectivity index (χ3v) is 4.34. The molecule has 0 saturated heterocycles. The fourth-order valence-electron chi connectivity index (χ4n) is 3.30. The van der Waals surface area contributed by atoms with Crippen LogP contribution >= 0.6 is 0 Å². The van der Waals surface area contributed by atoms with Gasteiger partial charge in [-0.1, -0.05) is 13.3 Å². The van der Waals surface area contributed by atoms with Crippen molar-refractivity contribution in [3.63, 3.8) is 0 Å². The van der Waals surface area contributed by atoms with Crippen LogP contribution in [0, 0.1) is 21.8 Å². The minimum atomic E-state index is -0.558. The molecule has 2 atom stereocenters. The van der Waals surface area contributed by atoms with Crippen molar-refractivity contribution in [3.8, 4) is 0 Å². The van der Waals surface area contributed by atoms with Gasteiger partial charge < -0.3 is 5.73 Å². The lowest BCUT2D eigenvalue weighted by atomic mass is 10.0. The smallest absolute Gasteiger partial charge is 0.272 e. The summed E-state index contributed by atoms with van der Waals surface area (Å²) in [7, 11) is 0. The van der Waals surface area contributed by atoms with Gasteiger partial charge in [-0.15, -0.1) is 0 Å². The predicted octanol–water partition coefficient (Wildman–Crippen LogP) is 2.68. The molecule has 2 unspecified atom stereocenters. The second-order valence-electron chi connectivity index (χ2n) is 5.63. The lowest BCUT2D eigenvalue weighted by Crippen LogP contribution is -2.39. The van der Waals surface area contributed by atoms with Crippen molar-refractivity contribution >= 4 is 5.69 Å². The highest BCUT2D eigenvalue weighted by Gasteiger charge is 2.30. The van der Waals surface area contributed by atoms with Crippen LogP contribution in [0.15, 0.2) is 18.2 Å². The van der Waals surface area contributed by atoms with E-state index in [1.165, 1.54) is 12.1 Å². The van der Waals surface area contributed by atoms with E-state index in [2.05, 4.69) is 11.8 Å². The van der Waals surface area contributed by atoms with Crippen LogP contribution in [-0.2, 0) is 6.54 Å². The molecule has 0 aliphatic heterocycles. The molecule has 1 aromatic carbocycles. The molecule has 1 saturated carbocycles. The summed E-state index contributed by atoms with van der Waals surface area (Å²) in [5.41, 5.74) is 6.27. The number of nitrogens with zero attached hydrogens (tertiary/aromatic N) is 2. The van der Waals surface area contributed by atoms with Gasteiger partial charge in [-0.25, -0.2) is 4.39 Å². The number of hydrogen-bond acceptors (Lipinski definition) is 4. The minimum Gasteiger partial charge on any atom is -0.330 e. The molecular formula is C15H22FN3O2. The van der Waals surface area contributed by atoms with Crippen molar-refractivity contribution in [2.24, 2.45) is 11.7 Å². The Labute approximate surface area is 124 Å². The Bertz CT molecular complexity index is 510. The second-order valence-corrected chi connectivity index (χ2v) is 5.63. The predicted molar refractivity (Wildman–Crippen MR) is 79.3 cm³/mol. The van der Waals surface area contributed by atoms with Gasteiger partial charge in [-0.05, 0) is 43.5 Å². The van der Waals surface area contributed by atoms with E-state index in [4.69, 9.17) is 5.73 Å². The summed E-state index contributed by atoms with van der Waals surface area (Å²) in [5, 5.41) is 10.8. The average Bonchev–Trinajstić information content (AvgIpc) is 2.92. The van der Waals surface area contributed by atoms with Crippen LogP contribution in [-0.4, -0.2) is 29.0 Å².